The average Bonchev–Trinajstić information content (AvgIpc) is 2.99. The lowest BCUT2D eigenvalue weighted by atomic mass is 10.2. The smallest absolute Gasteiger partial charge is 0.338 e. The van der Waals surface area contributed by atoms with Crippen molar-refractivity contribution in [2.24, 2.45) is 0 Å². The van der Waals surface area contributed by atoms with Gasteiger partial charge in [0.2, 0.25) is 0 Å². The van der Waals surface area contributed by atoms with Crippen molar-refractivity contribution in [3.63, 3.8) is 0 Å². The van der Waals surface area contributed by atoms with Gasteiger partial charge in [0, 0.05) is 0 Å². The van der Waals surface area contributed by atoms with Crippen LogP contribution in [0.25, 0.3) is 0 Å². The molecule has 1 aromatic rings. The fourth-order valence-corrected chi connectivity index (χ4v) is 3.81. The summed E-state index contributed by atoms with van der Waals surface area (Å²) < 4.78 is 59.9. The van der Waals surface area contributed by atoms with E-state index in [1.807, 2.05) is 6.07 Å². The van der Waals surface area contributed by atoms with Gasteiger partial charge in [-0.15, -0.1) is 0 Å². The molecule has 0 amide bonds. The molecular weight excluding hydrogens is 580 g/mol. The summed E-state index contributed by atoms with van der Waals surface area (Å²) >= 11 is 0. The minimum atomic E-state index is -1.45. The summed E-state index contributed by atoms with van der Waals surface area (Å²) in [5, 5.41) is 0. The highest BCUT2D eigenvalue weighted by Crippen LogP contribution is 2.02. The number of esters is 1. The molecule has 0 spiro atoms. The normalized spacial score (nSPS) is 11.7. The second-order valence-electron chi connectivity index (χ2n) is 9.97. The van der Waals surface area contributed by atoms with Gasteiger partial charge in [-0.2, -0.15) is 0 Å². The van der Waals surface area contributed by atoms with E-state index in [1.54, 1.807) is 24.3 Å². The average molecular weight is 635 g/mol. The van der Waals surface area contributed by atoms with Crippen LogP contribution in [-0.4, -0.2) is 146 Å². The summed E-state index contributed by atoms with van der Waals surface area (Å²) in [6.45, 7) is 16.3. The molecule has 0 atom stereocenters. The summed E-state index contributed by atoms with van der Waals surface area (Å²) in [6, 6.07) is 8.86. The third kappa shape index (κ3) is 29.0. The van der Waals surface area contributed by atoms with Gasteiger partial charge in [0.25, 0.3) is 0 Å². The molecule has 250 valence electrons. The second kappa shape index (κ2) is 29.2. The topological polar surface area (TPSA) is 119 Å². The van der Waals surface area contributed by atoms with E-state index in [4.69, 9.17) is 51.8 Å². The maximum absolute atomic E-state index is 11.8. The molecule has 0 saturated heterocycles. The largest absolute Gasteiger partial charge is 0.460 e. The van der Waals surface area contributed by atoms with E-state index in [1.165, 1.54) is 0 Å². The van der Waals surface area contributed by atoms with Gasteiger partial charge in [0.1, 0.15) is 6.61 Å². The Morgan fingerprint density at radius 1 is 0.442 bits per heavy atom. The fourth-order valence-electron chi connectivity index (χ4n) is 3.12. The highest BCUT2D eigenvalue weighted by Gasteiger charge is 2.13. The quantitative estimate of drug-likeness (QED) is 0.0659. The van der Waals surface area contributed by atoms with E-state index in [0.717, 1.165) is 0 Å². The van der Waals surface area contributed by atoms with Gasteiger partial charge in [-0.1, -0.05) is 18.2 Å². The number of rotatable bonds is 32. The van der Waals surface area contributed by atoms with E-state index in [2.05, 4.69) is 19.6 Å². The van der Waals surface area contributed by atoms with Crippen LogP contribution < -0.4 is 0 Å². The number of carbonyl (C=O) groups is 1. The molecule has 12 nitrogen and oxygen atoms in total. The molecule has 0 radical (unpaired) electrons. The molecule has 0 N–H and O–H groups in total. The zero-order valence-corrected chi connectivity index (χ0v) is 27.4. The molecule has 0 unspecified atom stereocenters. The van der Waals surface area contributed by atoms with E-state index < -0.39 is 8.32 Å². The first-order valence-corrected chi connectivity index (χ1v) is 18.5. The fraction of sp³-hybridized carbons (Fsp3) is 0.767. The lowest BCUT2D eigenvalue weighted by Gasteiger charge is -2.16. The van der Waals surface area contributed by atoms with E-state index >= 15 is 0 Å². The second-order valence-corrected chi connectivity index (χ2v) is 14.5. The van der Waals surface area contributed by atoms with Crippen molar-refractivity contribution in [1.82, 2.24) is 0 Å². The molecule has 0 aliphatic rings. The van der Waals surface area contributed by atoms with Gasteiger partial charge in [0.05, 0.1) is 131 Å². The lowest BCUT2D eigenvalue weighted by molar-refractivity contribution is -0.0262. The number of hydrogen-bond acceptors (Lipinski definition) is 12. The summed E-state index contributed by atoms with van der Waals surface area (Å²) in [5.74, 6) is -0.354. The highest BCUT2D eigenvalue weighted by molar-refractivity contribution is 6.69. The Balaban J connectivity index is 1.65. The minimum absolute atomic E-state index is 0.204. The van der Waals surface area contributed by atoms with E-state index in [-0.39, 0.29) is 12.6 Å². The van der Waals surface area contributed by atoms with Crippen molar-refractivity contribution in [3.05, 3.63) is 35.9 Å². The van der Waals surface area contributed by atoms with Crippen molar-refractivity contribution < 1.29 is 56.6 Å². The Kier molecular flexibility index (Phi) is 26.9. The Bertz CT molecular complexity index is 736. The molecule has 0 saturated carbocycles. The van der Waals surface area contributed by atoms with Crippen molar-refractivity contribution in [3.8, 4) is 0 Å². The zero-order chi connectivity index (χ0) is 31.1. The van der Waals surface area contributed by atoms with E-state index in [9.17, 15) is 4.79 Å². The third-order valence-corrected chi connectivity index (χ3v) is 6.28. The minimum Gasteiger partial charge on any atom is -0.460 e. The molecule has 0 fully saturated rings. The molecular formula is C30H54O12Si. The molecule has 0 aromatic heterocycles. The van der Waals surface area contributed by atoms with Crippen LogP contribution in [0.3, 0.4) is 0 Å². The molecule has 43 heavy (non-hydrogen) atoms. The highest BCUT2D eigenvalue weighted by atomic mass is 28.4. The summed E-state index contributed by atoms with van der Waals surface area (Å²) in [4.78, 5) is 11.8. The summed E-state index contributed by atoms with van der Waals surface area (Å²) in [7, 11) is -1.45. The Morgan fingerprint density at radius 3 is 1.02 bits per heavy atom. The Morgan fingerprint density at radius 2 is 0.721 bits per heavy atom. The SMILES string of the molecule is C[Si](C)(C)OCCOCCOCCOCCOCCOCCOCCOCCOCCOCCOC(=O)c1ccccc1. The summed E-state index contributed by atoms with van der Waals surface area (Å²) in [6.07, 6.45) is 0. The monoisotopic (exact) mass is 634 g/mol. The van der Waals surface area contributed by atoms with Crippen molar-refractivity contribution in [2.75, 3.05) is 132 Å². The van der Waals surface area contributed by atoms with Gasteiger partial charge in [0.15, 0.2) is 8.32 Å². The predicted molar refractivity (Wildman–Crippen MR) is 163 cm³/mol. The maximum Gasteiger partial charge on any atom is 0.338 e. The van der Waals surface area contributed by atoms with Crippen molar-refractivity contribution >= 4 is 14.3 Å². The standard InChI is InChI=1S/C30H54O12Si/c1-43(2,3)42-28-26-40-24-22-38-20-18-36-16-14-34-12-10-32-9-11-33-13-15-35-17-19-37-21-23-39-25-27-41-30(31)29-7-5-4-6-8-29/h4-8H,9-28H2,1-3H3. The molecule has 0 heterocycles. The van der Waals surface area contributed by atoms with Gasteiger partial charge < -0.3 is 51.8 Å². The molecule has 1 aromatic carbocycles. The molecule has 1 rings (SSSR count). The van der Waals surface area contributed by atoms with Gasteiger partial charge >= 0.3 is 5.97 Å². The maximum atomic E-state index is 11.8. The Labute approximate surface area is 258 Å². The van der Waals surface area contributed by atoms with Gasteiger partial charge in [-0.3, -0.25) is 0 Å². The first kappa shape index (κ1) is 39.5. The van der Waals surface area contributed by atoms with Crippen LogP contribution in [0.15, 0.2) is 30.3 Å². The van der Waals surface area contributed by atoms with Crippen LogP contribution in [0.5, 0.6) is 0 Å². The predicted octanol–water partition coefficient (Wildman–Crippen LogP) is 2.84. The van der Waals surface area contributed by atoms with Crippen LogP contribution in [0, 0.1) is 0 Å². The van der Waals surface area contributed by atoms with Crippen LogP contribution >= 0.6 is 0 Å². The van der Waals surface area contributed by atoms with Crippen LogP contribution in [0.1, 0.15) is 10.4 Å². The molecule has 0 aliphatic heterocycles. The van der Waals surface area contributed by atoms with Crippen LogP contribution in [0.2, 0.25) is 19.6 Å². The number of hydrogen-bond donors (Lipinski definition) is 0. The van der Waals surface area contributed by atoms with Crippen molar-refractivity contribution in [1.29, 1.82) is 0 Å². The van der Waals surface area contributed by atoms with Crippen LogP contribution in [-0.2, 0) is 51.8 Å². The zero-order valence-electron chi connectivity index (χ0n) is 26.4. The van der Waals surface area contributed by atoms with Crippen molar-refractivity contribution in [2.45, 2.75) is 19.6 Å². The molecule has 13 heteroatoms. The first-order valence-electron chi connectivity index (χ1n) is 15.0. The third-order valence-electron chi connectivity index (χ3n) is 5.21. The Hall–Kier alpha value is -1.49. The molecule has 0 aliphatic carbocycles. The molecule has 0 bridgehead atoms. The van der Waals surface area contributed by atoms with Crippen LogP contribution in [0.4, 0.5) is 0 Å². The lowest BCUT2D eigenvalue weighted by Crippen LogP contribution is -2.27. The van der Waals surface area contributed by atoms with Gasteiger partial charge in [-0.25, -0.2) is 4.79 Å². The summed E-state index contributed by atoms with van der Waals surface area (Å²) in [5.41, 5.74) is 0.527. The number of ether oxygens (including phenoxy) is 10. The van der Waals surface area contributed by atoms with Gasteiger partial charge in [-0.05, 0) is 31.8 Å². The first-order chi connectivity index (χ1) is 21.0. The number of carbonyl (C=O) groups excluding carboxylic acids is 1. The number of benzene rings is 1. The van der Waals surface area contributed by atoms with E-state index in [0.29, 0.717) is 131 Å².